The van der Waals surface area contributed by atoms with E-state index in [2.05, 4.69) is 4.98 Å². The fourth-order valence-electron chi connectivity index (χ4n) is 0.810. The topological polar surface area (TPSA) is 33.2 Å². The Kier molecular flexibility index (Phi) is 3.04. The average Bonchev–Trinajstić information content (AvgIpc) is 2.52. The molecule has 4 heteroatoms. The zero-order valence-corrected chi connectivity index (χ0v) is 7.17. The summed E-state index contributed by atoms with van der Waals surface area (Å²) in [5.41, 5.74) is 1.72. The molecule has 0 radical (unpaired) electrons. The SMILES string of the molecule is CCCN(C=O)c1cscn1. The van der Waals surface area contributed by atoms with Crippen LogP contribution in [0.3, 0.4) is 0 Å². The molecule has 1 heterocycles. The van der Waals surface area contributed by atoms with Crippen molar-refractivity contribution in [1.82, 2.24) is 4.98 Å². The molecule has 0 N–H and O–H groups in total. The molecule has 0 atom stereocenters. The number of amides is 1. The van der Waals surface area contributed by atoms with Crippen LogP contribution in [0.4, 0.5) is 5.82 Å². The molecule has 1 rings (SSSR count). The molecular formula is C7H10N2OS. The van der Waals surface area contributed by atoms with Gasteiger partial charge >= 0.3 is 0 Å². The van der Waals surface area contributed by atoms with E-state index < -0.39 is 0 Å². The fraction of sp³-hybridized carbons (Fsp3) is 0.429. The van der Waals surface area contributed by atoms with E-state index in [1.807, 2.05) is 12.3 Å². The van der Waals surface area contributed by atoms with E-state index in [1.54, 1.807) is 10.4 Å². The smallest absolute Gasteiger partial charge is 0.215 e. The van der Waals surface area contributed by atoms with Crippen LogP contribution in [0.1, 0.15) is 13.3 Å². The number of nitrogens with zero attached hydrogens (tertiary/aromatic N) is 2. The standard InChI is InChI=1S/C7H10N2OS/c1-2-3-9(6-10)7-4-11-5-8-7/h4-6H,2-3H2,1H3. The molecule has 0 aliphatic heterocycles. The first-order chi connectivity index (χ1) is 5.38. The lowest BCUT2D eigenvalue weighted by atomic mass is 10.4. The van der Waals surface area contributed by atoms with Crippen LogP contribution in [0.5, 0.6) is 0 Å². The summed E-state index contributed by atoms with van der Waals surface area (Å²) in [5, 5.41) is 1.87. The van der Waals surface area contributed by atoms with Gasteiger partial charge in [-0.25, -0.2) is 4.98 Å². The van der Waals surface area contributed by atoms with Gasteiger partial charge in [0.25, 0.3) is 0 Å². The number of thiazole rings is 1. The van der Waals surface area contributed by atoms with Crippen LogP contribution in [0, 0.1) is 0 Å². The Labute approximate surface area is 69.7 Å². The molecular weight excluding hydrogens is 160 g/mol. The molecule has 1 aromatic rings. The second-order valence-corrected chi connectivity index (χ2v) is 2.86. The summed E-state index contributed by atoms with van der Waals surface area (Å²) in [6.07, 6.45) is 1.77. The van der Waals surface area contributed by atoms with E-state index in [9.17, 15) is 4.79 Å². The number of rotatable bonds is 4. The summed E-state index contributed by atoms with van der Waals surface area (Å²) >= 11 is 1.50. The fourth-order valence-corrected chi connectivity index (χ4v) is 1.36. The molecule has 60 valence electrons. The van der Waals surface area contributed by atoms with Crippen LogP contribution in [-0.4, -0.2) is 17.9 Å². The van der Waals surface area contributed by atoms with E-state index in [4.69, 9.17) is 0 Å². The molecule has 11 heavy (non-hydrogen) atoms. The van der Waals surface area contributed by atoms with E-state index in [0.717, 1.165) is 25.2 Å². The molecule has 3 nitrogen and oxygen atoms in total. The monoisotopic (exact) mass is 170 g/mol. The quantitative estimate of drug-likeness (QED) is 0.642. The Balaban J connectivity index is 2.63. The first kappa shape index (κ1) is 8.20. The van der Waals surface area contributed by atoms with Crippen molar-refractivity contribution in [2.75, 3.05) is 11.4 Å². The van der Waals surface area contributed by atoms with Crippen LogP contribution in [0.2, 0.25) is 0 Å². The highest BCUT2D eigenvalue weighted by atomic mass is 32.1. The summed E-state index contributed by atoms with van der Waals surface area (Å²) in [5.74, 6) is 0.756. The van der Waals surface area contributed by atoms with Gasteiger partial charge in [-0.2, -0.15) is 0 Å². The third-order valence-corrected chi connectivity index (χ3v) is 1.88. The predicted molar refractivity (Wildman–Crippen MR) is 45.8 cm³/mol. The Morgan fingerprint density at radius 1 is 1.82 bits per heavy atom. The molecule has 0 bridgehead atoms. The Hall–Kier alpha value is -0.900. The Bertz CT molecular complexity index is 210. The van der Waals surface area contributed by atoms with Gasteiger partial charge in [0.2, 0.25) is 6.41 Å². The molecule has 0 unspecified atom stereocenters. The van der Waals surface area contributed by atoms with Crippen molar-refractivity contribution < 1.29 is 4.79 Å². The van der Waals surface area contributed by atoms with Crippen molar-refractivity contribution in [3.8, 4) is 0 Å². The van der Waals surface area contributed by atoms with Crippen LogP contribution < -0.4 is 4.90 Å². The summed E-state index contributed by atoms with van der Waals surface area (Å²) in [4.78, 5) is 16.1. The maximum absolute atomic E-state index is 10.5. The second-order valence-electron chi connectivity index (χ2n) is 2.15. The summed E-state index contributed by atoms with van der Waals surface area (Å²) in [6, 6.07) is 0. The molecule has 0 saturated heterocycles. The van der Waals surface area contributed by atoms with Crippen LogP contribution in [0.15, 0.2) is 10.9 Å². The van der Waals surface area contributed by atoms with E-state index >= 15 is 0 Å². The van der Waals surface area contributed by atoms with Gasteiger partial charge in [0.1, 0.15) is 5.82 Å². The number of hydrogen-bond donors (Lipinski definition) is 0. The minimum Gasteiger partial charge on any atom is -0.299 e. The highest BCUT2D eigenvalue weighted by Gasteiger charge is 2.03. The van der Waals surface area contributed by atoms with Crippen LogP contribution in [-0.2, 0) is 4.79 Å². The second kappa shape index (κ2) is 4.08. The van der Waals surface area contributed by atoms with Crippen LogP contribution >= 0.6 is 11.3 Å². The maximum atomic E-state index is 10.5. The number of carbonyl (C=O) groups excluding carboxylic acids is 1. The van der Waals surface area contributed by atoms with Gasteiger partial charge in [-0.1, -0.05) is 6.92 Å². The zero-order valence-electron chi connectivity index (χ0n) is 6.36. The van der Waals surface area contributed by atoms with E-state index in [1.165, 1.54) is 11.3 Å². The lowest BCUT2D eigenvalue weighted by molar-refractivity contribution is -0.107. The zero-order chi connectivity index (χ0) is 8.10. The van der Waals surface area contributed by atoms with Gasteiger partial charge in [0, 0.05) is 11.9 Å². The summed E-state index contributed by atoms with van der Waals surface area (Å²) in [7, 11) is 0. The first-order valence-electron chi connectivity index (χ1n) is 3.48. The minimum atomic E-state index is 0.743. The molecule has 0 aromatic carbocycles. The molecule has 0 aliphatic carbocycles. The van der Waals surface area contributed by atoms with Crippen molar-refractivity contribution in [3.05, 3.63) is 10.9 Å². The third kappa shape index (κ3) is 2.01. The number of anilines is 1. The van der Waals surface area contributed by atoms with Gasteiger partial charge in [0.05, 0.1) is 5.51 Å². The molecule has 0 saturated carbocycles. The average molecular weight is 170 g/mol. The predicted octanol–water partition coefficient (Wildman–Crippen LogP) is 1.52. The van der Waals surface area contributed by atoms with Gasteiger partial charge in [-0.05, 0) is 6.42 Å². The number of aromatic nitrogens is 1. The normalized spacial score (nSPS) is 9.55. The molecule has 1 amide bonds. The van der Waals surface area contributed by atoms with Crippen LogP contribution in [0.25, 0.3) is 0 Å². The van der Waals surface area contributed by atoms with Crippen molar-refractivity contribution in [3.63, 3.8) is 0 Å². The van der Waals surface area contributed by atoms with E-state index in [0.29, 0.717) is 0 Å². The highest BCUT2D eigenvalue weighted by molar-refractivity contribution is 7.07. The van der Waals surface area contributed by atoms with Gasteiger partial charge < -0.3 is 0 Å². The molecule has 1 aromatic heterocycles. The number of hydrogen-bond acceptors (Lipinski definition) is 3. The van der Waals surface area contributed by atoms with Gasteiger partial charge in [-0.15, -0.1) is 11.3 Å². The van der Waals surface area contributed by atoms with Crippen molar-refractivity contribution in [2.24, 2.45) is 0 Å². The van der Waals surface area contributed by atoms with Crippen molar-refractivity contribution in [2.45, 2.75) is 13.3 Å². The highest BCUT2D eigenvalue weighted by Crippen LogP contribution is 2.11. The lowest BCUT2D eigenvalue weighted by Gasteiger charge is -2.11. The Morgan fingerprint density at radius 3 is 3.09 bits per heavy atom. The summed E-state index contributed by atoms with van der Waals surface area (Å²) in [6.45, 7) is 2.77. The maximum Gasteiger partial charge on any atom is 0.215 e. The van der Waals surface area contributed by atoms with Gasteiger partial charge in [-0.3, -0.25) is 9.69 Å². The van der Waals surface area contributed by atoms with E-state index in [-0.39, 0.29) is 0 Å². The van der Waals surface area contributed by atoms with Gasteiger partial charge in [0.15, 0.2) is 0 Å². The molecule has 0 spiro atoms. The number of carbonyl (C=O) groups is 1. The van der Waals surface area contributed by atoms with Crippen molar-refractivity contribution in [1.29, 1.82) is 0 Å². The molecule has 0 fully saturated rings. The third-order valence-electron chi connectivity index (χ3n) is 1.31. The largest absolute Gasteiger partial charge is 0.299 e. The van der Waals surface area contributed by atoms with Crippen molar-refractivity contribution >= 4 is 23.6 Å². The molecule has 0 aliphatic rings. The minimum absolute atomic E-state index is 0.743. The lowest BCUT2D eigenvalue weighted by Crippen LogP contribution is -2.21. The first-order valence-corrected chi connectivity index (χ1v) is 4.43. The summed E-state index contributed by atoms with van der Waals surface area (Å²) < 4.78 is 0. The Morgan fingerprint density at radius 2 is 2.64 bits per heavy atom.